The molecule has 0 bridgehead atoms. The smallest absolute Gasteiger partial charge is 0.335 e. The molecule has 12 heteroatoms. The zero-order valence-electron chi connectivity index (χ0n) is 11.5. The molecule has 11 N–H and O–H groups in total. The van der Waals surface area contributed by atoms with Crippen molar-refractivity contribution in [3.05, 3.63) is 0 Å². The van der Waals surface area contributed by atoms with Crippen LogP contribution in [0.2, 0.25) is 0 Å². The summed E-state index contributed by atoms with van der Waals surface area (Å²) in [5, 5.41) is 50.2. The molecule has 128 valence electrons. The van der Waals surface area contributed by atoms with Gasteiger partial charge < -0.3 is 42.3 Å². The van der Waals surface area contributed by atoms with Gasteiger partial charge >= 0.3 is 17.9 Å². The van der Waals surface area contributed by atoms with Crippen LogP contribution >= 0.6 is 0 Å². The lowest BCUT2D eigenvalue weighted by molar-refractivity contribution is -0.165. The van der Waals surface area contributed by atoms with Crippen LogP contribution in [0.15, 0.2) is 0 Å². The van der Waals surface area contributed by atoms with Crippen molar-refractivity contribution in [2.75, 3.05) is 6.54 Å². The van der Waals surface area contributed by atoms with Crippen molar-refractivity contribution in [1.29, 1.82) is 5.41 Å². The van der Waals surface area contributed by atoms with E-state index >= 15 is 0 Å². The zero-order chi connectivity index (χ0) is 17.9. The van der Waals surface area contributed by atoms with Gasteiger partial charge in [0.25, 0.3) is 0 Å². The van der Waals surface area contributed by atoms with Gasteiger partial charge in [0, 0.05) is 6.54 Å². The SMILES string of the molecule is N=C(N)NCCCC(N)C(=O)O.O=C(O)C(O)C(O)C(=O)O. The van der Waals surface area contributed by atoms with E-state index in [9.17, 15) is 14.4 Å². The van der Waals surface area contributed by atoms with Gasteiger partial charge in [0.2, 0.25) is 0 Å². The molecule has 0 aliphatic rings. The largest absolute Gasteiger partial charge is 0.480 e. The van der Waals surface area contributed by atoms with Crippen LogP contribution in [-0.4, -0.2) is 74.2 Å². The lowest BCUT2D eigenvalue weighted by Crippen LogP contribution is -2.39. The summed E-state index contributed by atoms with van der Waals surface area (Å²) in [7, 11) is 0. The minimum absolute atomic E-state index is 0.112. The molecule has 3 atom stereocenters. The summed E-state index contributed by atoms with van der Waals surface area (Å²) >= 11 is 0. The Morgan fingerprint density at radius 1 is 1.00 bits per heavy atom. The Balaban J connectivity index is 0. The summed E-state index contributed by atoms with van der Waals surface area (Å²) < 4.78 is 0. The predicted molar refractivity (Wildman–Crippen MR) is 72.0 cm³/mol. The van der Waals surface area contributed by atoms with E-state index in [1.807, 2.05) is 0 Å². The van der Waals surface area contributed by atoms with Gasteiger partial charge in [-0.3, -0.25) is 10.2 Å². The van der Waals surface area contributed by atoms with Crippen LogP contribution in [0.5, 0.6) is 0 Å². The minimum Gasteiger partial charge on any atom is -0.480 e. The van der Waals surface area contributed by atoms with Crippen molar-refractivity contribution in [2.45, 2.75) is 31.1 Å². The Labute approximate surface area is 124 Å². The Bertz CT molecular complexity index is 384. The number of nitrogens with one attached hydrogen (secondary N) is 2. The van der Waals surface area contributed by atoms with Gasteiger partial charge in [0.15, 0.2) is 18.2 Å². The zero-order valence-corrected chi connectivity index (χ0v) is 11.5. The summed E-state index contributed by atoms with van der Waals surface area (Å²) in [5.74, 6) is -4.65. The number of aliphatic carboxylic acids is 3. The fraction of sp³-hybridized carbons (Fsp3) is 0.600. The van der Waals surface area contributed by atoms with E-state index in [1.165, 1.54) is 0 Å². The molecule has 0 saturated heterocycles. The standard InChI is InChI=1S/C6H14N4O2.C4H6O6/c7-4(5(11)12)2-1-3-10-6(8)9;5-1(3(7)8)2(6)4(9)10/h4H,1-3,7H2,(H,11,12)(H4,8,9,10);1-2,5-6H,(H,7,8)(H,9,10). The van der Waals surface area contributed by atoms with E-state index in [0.717, 1.165) is 0 Å². The molecular formula is C10H20N4O8. The van der Waals surface area contributed by atoms with E-state index < -0.39 is 36.2 Å². The Hall–Kier alpha value is -2.44. The van der Waals surface area contributed by atoms with Crippen molar-refractivity contribution >= 4 is 23.9 Å². The van der Waals surface area contributed by atoms with Crippen LogP contribution in [-0.2, 0) is 14.4 Å². The van der Waals surface area contributed by atoms with Gasteiger partial charge in [-0.05, 0) is 12.8 Å². The van der Waals surface area contributed by atoms with Gasteiger partial charge in [-0.1, -0.05) is 0 Å². The highest BCUT2D eigenvalue weighted by atomic mass is 16.4. The lowest BCUT2D eigenvalue weighted by Gasteiger charge is -2.07. The summed E-state index contributed by atoms with van der Waals surface area (Å²) in [5.41, 5.74) is 10.2. The van der Waals surface area contributed by atoms with Gasteiger partial charge in [0.1, 0.15) is 6.04 Å². The molecule has 12 nitrogen and oxygen atoms in total. The van der Waals surface area contributed by atoms with Crippen molar-refractivity contribution < 1.29 is 39.9 Å². The van der Waals surface area contributed by atoms with Crippen LogP contribution in [0.4, 0.5) is 0 Å². The molecular weight excluding hydrogens is 304 g/mol. The third-order valence-electron chi connectivity index (χ3n) is 2.13. The average Bonchev–Trinajstić information content (AvgIpc) is 2.41. The van der Waals surface area contributed by atoms with E-state index in [2.05, 4.69) is 5.32 Å². The Morgan fingerprint density at radius 3 is 1.68 bits per heavy atom. The molecule has 0 aromatic carbocycles. The molecule has 0 aliphatic carbocycles. The maximum Gasteiger partial charge on any atom is 0.335 e. The second-order valence-corrected chi connectivity index (χ2v) is 3.99. The average molecular weight is 324 g/mol. The van der Waals surface area contributed by atoms with Crippen LogP contribution in [0.3, 0.4) is 0 Å². The molecule has 3 unspecified atom stereocenters. The summed E-state index contributed by atoms with van der Waals surface area (Å²) in [6.45, 7) is 0.482. The van der Waals surface area contributed by atoms with Crippen molar-refractivity contribution in [3.63, 3.8) is 0 Å². The molecule has 0 spiro atoms. The van der Waals surface area contributed by atoms with Crippen molar-refractivity contribution in [3.8, 4) is 0 Å². The molecule has 0 aliphatic heterocycles. The van der Waals surface area contributed by atoms with E-state index in [0.29, 0.717) is 19.4 Å². The van der Waals surface area contributed by atoms with E-state index in [1.54, 1.807) is 0 Å². The number of carboxylic acids is 3. The molecule has 0 saturated carbocycles. The number of aliphatic hydroxyl groups excluding tert-OH is 2. The first-order chi connectivity index (χ1) is 10.0. The van der Waals surface area contributed by atoms with E-state index in [-0.39, 0.29) is 5.96 Å². The highest BCUT2D eigenvalue weighted by Crippen LogP contribution is 1.93. The summed E-state index contributed by atoms with van der Waals surface area (Å²) in [6, 6.07) is -0.821. The highest BCUT2D eigenvalue weighted by Gasteiger charge is 2.29. The fourth-order valence-corrected chi connectivity index (χ4v) is 0.939. The topological polar surface area (TPSA) is 240 Å². The van der Waals surface area contributed by atoms with Crippen LogP contribution in [0, 0.1) is 5.41 Å². The normalized spacial score (nSPS) is 13.8. The molecule has 0 fully saturated rings. The third-order valence-corrected chi connectivity index (χ3v) is 2.13. The summed E-state index contributed by atoms with van der Waals surface area (Å²) in [4.78, 5) is 29.8. The van der Waals surface area contributed by atoms with Crippen LogP contribution in [0.1, 0.15) is 12.8 Å². The molecule has 0 aromatic heterocycles. The minimum atomic E-state index is -2.27. The number of carboxylic acid groups (broad SMARTS) is 3. The first-order valence-electron chi connectivity index (χ1n) is 5.88. The molecule has 0 amide bonds. The molecule has 0 radical (unpaired) electrons. The molecule has 0 rings (SSSR count). The lowest BCUT2D eigenvalue weighted by atomic mass is 10.2. The molecule has 22 heavy (non-hydrogen) atoms. The van der Waals surface area contributed by atoms with Gasteiger partial charge in [-0.2, -0.15) is 0 Å². The van der Waals surface area contributed by atoms with Crippen LogP contribution in [0.25, 0.3) is 0 Å². The fourth-order valence-electron chi connectivity index (χ4n) is 0.939. The van der Waals surface area contributed by atoms with Gasteiger partial charge in [-0.25, -0.2) is 9.59 Å². The number of carbonyl (C=O) groups is 3. The maximum absolute atomic E-state index is 10.2. The Kier molecular flexibility index (Phi) is 11.2. The number of guanidine groups is 1. The van der Waals surface area contributed by atoms with E-state index in [4.69, 9.17) is 42.4 Å². The number of aliphatic hydroxyl groups is 2. The van der Waals surface area contributed by atoms with Crippen LogP contribution < -0.4 is 16.8 Å². The maximum atomic E-state index is 10.2. The number of nitrogens with two attached hydrogens (primary N) is 2. The first kappa shape index (κ1) is 21.9. The number of hydrogen-bond acceptors (Lipinski definition) is 7. The van der Waals surface area contributed by atoms with Crippen molar-refractivity contribution in [2.24, 2.45) is 11.5 Å². The highest BCUT2D eigenvalue weighted by molar-refractivity contribution is 5.83. The second kappa shape index (κ2) is 11.2. The Morgan fingerprint density at radius 2 is 1.41 bits per heavy atom. The third kappa shape index (κ3) is 11.4. The van der Waals surface area contributed by atoms with Gasteiger partial charge in [-0.15, -0.1) is 0 Å². The molecule has 0 aromatic rings. The number of rotatable bonds is 8. The monoisotopic (exact) mass is 324 g/mol. The summed E-state index contributed by atoms with van der Waals surface area (Å²) in [6.07, 6.45) is -3.56. The predicted octanol–water partition coefficient (Wildman–Crippen LogP) is -3.46. The quantitative estimate of drug-likeness (QED) is 0.121. The van der Waals surface area contributed by atoms with Gasteiger partial charge in [0.05, 0.1) is 0 Å². The van der Waals surface area contributed by atoms with Crippen molar-refractivity contribution in [1.82, 2.24) is 5.32 Å². The molecule has 0 heterocycles. The second-order valence-electron chi connectivity index (χ2n) is 3.99. The number of hydrogen-bond donors (Lipinski definition) is 9. The first-order valence-corrected chi connectivity index (χ1v) is 5.88.